The molecule has 31 heavy (non-hydrogen) atoms. The van der Waals surface area contributed by atoms with E-state index in [2.05, 4.69) is 15.6 Å². The number of carbonyl (C=O) groups excluding carboxylic acids is 2. The third kappa shape index (κ3) is 5.40. The van der Waals surface area contributed by atoms with Gasteiger partial charge in [-0.15, -0.1) is 11.3 Å². The maximum atomic E-state index is 12.5. The van der Waals surface area contributed by atoms with Crippen LogP contribution in [0.2, 0.25) is 0 Å². The number of hydrogen-bond acceptors (Lipinski definition) is 5. The molecule has 158 valence electrons. The number of carbonyl (C=O) groups is 2. The van der Waals surface area contributed by atoms with Crippen LogP contribution in [0.4, 0.5) is 10.5 Å². The van der Waals surface area contributed by atoms with Gasteiger partial charge in [-0.25, -0.2) is 9.78 Å². The molecule has 0 radical (unpaired) electrons. The van der Waals surface area contributed by atoms with Crippen molar-refractivity contribution >= 4 is 34.6 Å². The fourth-order valence-electron chi connectivity index (χ4n) is 3.16. The monoisotopic (exact) mass is 435 g/mol. The number of nitrogens with zero attached hydrogens (tertiary/aromatic N) is 2. The highest BCUT2D eigenvalue weighted by Gasteiger charge is 2.18. The lowest BCUT2D eigenvalue weighted by Gasteiger charge is -2.16. The molecule has 3 aromatic heterocycles. The third-order valence-electron chi connectivity index (χ3n) is 4.51. The van der Waals surface area contributed by atoms with E-state index < -0.39 is 12.1 Å². The van der Waals surface area contributed by atoms with E-state index in [0.717, 1.165) is 16.2 Å². The Balaban J connectivity index is 1.37. The minimum Gasteiger partial charge on any atom is -0.487 e. The predicted octanol–water partition coefficient (Wildman–Crippen LogP) is 3.71. The molecule has 4 aromatic rings. The summed E-state index contributed by atoms with van der Waals surface area (Å²) in [6.07, 6.45) is 3.91. The molecule has 1 aromatic carbocycles. The molecule has 0 bridgehead atoms. The van der Waals surface area contributed by atoms with Gasteiger partial charge in [-0.1, -0.05) is 18.2 Å². The number of ether oxygens (including phenoxy) is 1. The van der Waals surface area contributed by atoms with Gasteiger partial charge in [0.1, 0.15) is 18.0 Å². The minimum atomic E-state index is -0.673. The predicted molar refractivity (Wildman–Crippen MR) is 119 cm³/mol. The topological polar surface area (TPSA) is 111 Å². The van der Waals surface area contributed by atoms with Crippen LogP contribution >= 0.6 is 11.3 Å². The van der Waals surface area contributed by atoms with Crippen molar-refractivity contribution in [1.29, 1.82) is 0 Å². The molecule has 9 heteroatoms. The molecule has 0 aliphatic heterocycles. The molecule has 0 spiro atoms. The zero-order valence-corrected chi connectivity index (χ0v) is 17.3. The van der Waals surface area contributed by atoms with Crippen molar-refractivity contribution in [2.45, 2.75) is 19.1 Å². The summed E-state index contributed by atoms with van der Waals surface area (Å²) in [7, 11) is 0. The number of benzene rings is 1. The second-order valence-electron chi connectivity index (χ2n) is 6.84. The summed E-state index contributed by atoms with van der Waals surface area (Å²) < 4.78 is 7.77. The Bertz CT molecular complexity index is 1160. The number of aromatic nitrogens is 2. The number of nitrogens with one attached hydrogen (secondary N) is 2. The molecule has 0 aliphatic rings. The van der Waals surface area contributed by atoms with Crippen LogP contribution in [0.15, 0.2) is 72.4 Å². The van der Waals surface area contributed by atoms with Crippen molar-refractivity contribution in [3.05, 3.63) is 82.9 Å². The molecule has 4 rings (SSSR count). The zero-order valence-electron chi connectivity index (χ0n) is 16.5. The number of thiophene rings is 1. The van der Waals surface area contributed by atoms with Crippen LogP contribution in [0.3, 0.4) is 0 Å². The van der Waals surface area contributed by atoms with E-state index >= 15 is 0 Å². The molecule has 1 atom stereocenters. The van der Waals surface area contributed by atoms with Gasteiger partial charge in [0.15, 0.2) is 0 Å². The van der Waals surface area contributed by atoms with Crippen molar-refractivity contribution in [2.75, 3.05) is 5.32 Å². The zero-order chi connectivity index (χ0) is 21.6. The van der Waals surface area contributed by atoms with Crippen LogP contribution in [0.1, 0.15) is 23.0 Å². The van der Waals surface area contributed by atoms with Crippen molar-refractivity contribution in [1.82, 2.24) is 14.7 Å². The maximum Gasteiger partial charge on any atom is 0.312 e. The van der Waals surface area contributed by atoms with E-state index in [0.29, 0.717) is 18.0 Å². The highest BCUT2D eigenvalue weighted by atomic mass is 32.1. The number of fused-ring (bicyclic) bond motifs is 1. The van der Waals surface area contributed by atoms with Crippen molar-refractivity contribution < 1.29 is 14.3 Å². The van der Waals surface area contributed by atoms with Crippen LogP contribution in [-0.2, 0) is 11.4 Å². The number of rotatable bonds is 8. The summed E-state index contributed by atoms with van der Waals surface area (Å²) in [5, 5.41) is 7.34. The van der Waals surface area contributed by atoms with E-state index in [4.69, 9.17) is 10.5 Å². The lowest BCUT2D eigenvalue weighted by atomic mass is 10.1. The standard InChI is InChI=1S/C22H21N5O3S/c23-22(29)26-18(19-7-4-10-31-19)12-21(28)25-15-5-3-6-17(11-15)30-14-16-13-27-9-2-1-8-20(27)24-16/h1-11,13,18H,12,14H2,(H,25,28)(H3,23,26,29). The normalized spacial score (nSPS) is 11.7. The van der Waals surface area contributed by atoms with Crippen LogP contribution in [0, 0.1) is 0 Å². The van der Waals surface area contributed by atoms with Crippen LogP contribution in [0.25, 0.3) is 5.65 Å². The number of hydrogen-bond donors (Lipinski definition) is 3. The van der Waals surface area contributed by atoms with Crippen molar-refractivity contribution in [2.24, 2.45) is 5.73 Å². The number of imidazole rings is 1. The summed E-state index contributed by atoms with van der Waals surface area (Å²) in [6.45, 7) is 0.308. The lowest BCUT2D eigenvalue weighted by Crippen LogP contribution is -2.34. The van der Waals surface area contributed by atoms with E-state index in [1.54, 1.807) is 18.2 Å². The number of urea groups is 1. The fraction of sp³-hybridized carbons (Fsp3) is 0.136. The molecular formula is C22H21N5O3S. The van der Waals surface area contributed by atoms with Gasteiger partial charge in [-0.2, -0.15) is 0 Å². The summed E-state index contributed by atoms with van der Waals surface area (Å²) in [5.41, 5.74) is 7.51. The molecular weight excluding hydrogens is 414 g/mol. The van der Waals surface area contributed by atoms with Gasteiger partial charge in [-0.3, -0.25) is 4.79 Å². The molecule has 8 nitrogen and oxygen atoms in total. The van der Waals surface area contributed by atoms with E-state index in [-0.39, 0.29) is 12.3 Å². The highest BCUT2D eigenvalue weighted by molar-refractivity contribution is 7.10. The third-order valence-corrected chi connectivity index (χ3v) is 5.50. The maximum absolute atomic E-state index is 12.5. The van der Waals surface area contributed by atoms with Crippen molar-refractivity contribution in [3.8, 4) is 5.75 Å². The molecule has 3 amide bonds. The van der Waals surface area contributed by atoms with E-state index in [9.17, 15) is 9.59 Å². The first-order valence-electron chi connectivity index (χ1n) is 9.61. The quantitative estimate of drug-likeness (QED) is 0.392. The second-order valence-corrected chi connectivity index (χ2v) is 7.82. The van der Waals surface area contributed by atoms with Gasteiger partial charge < -0.3 is 25.5 Å². The molecule has 1 unspecified atom stereocenters. The summed E-state index contributed by atoms with van der Waals surface area (Å²) in [6, 6.07) is 15.5. The Hall–Kier alpha value is -3.85. The highest BCUT2D eigenvalue weighted by Crippen LogP contribution is 2.24. The summed E-state index contributed by atoms with van der Waals surface area (Å²) >= 11 is 1.45. The Labute approximate surface area is 182 Å². The first-order valence-corrected chi connectivity index (χ1v) is 10.5. The van der Waals surface area contributed by atoms with Gasteiger partial charge in [0.05, 0.1) is 18.2 Å². The molecule has 0 aliphatic carbocycles. The van der Waals surface area contributed by atoms with Crippen molar-refractivity contribution in [3.63, 3.8) is 0 Å². The van der Waals surface area contributed by atoms with Gasteiger partial charge in [0.25, 0.3) is 0 Å². The lowest BCUT2D eigenvalue weighted by molar-refractivity contribution is -0.116. The molecule has 0 saturated heterocycles. The van der Waals surface area contributed by atoms with Gasteiger partial charge in [-0.05, 0) is 35.7 Å². The molecule has 0 saturated carbocycles. The largest absolute Gasteiger partial charge is 0.487 e. The Kier molecular flexibility index (Phi) is 6.13. The van der Waals surface area contributed by atoms with Gasteiger partial charge in [0.2, 0.25) is 5.91 Å². The molecule has 0 fully saturated rings. The SMILES string of the molecule is NC(=O)NC(CC(=O)Nc1cccc(OCc2cn3ccccc3n2)c1)c1cccs1. The van der Waals surface area contributed by atoms with E-state index in [1.165, 1.54) is 11.3 Å². The number of pyridine rings is 1. The summed E-state index contributed by atoms with van der Waals surface area (Å²) in [4.78, 5) is 29.2. The number of nitrogens with two attached hydrogens (primary N) is 1. The second kappa shape index (κ2) is 9.31. The molecule has 4 N–H and O–H groups in total. The van der Waals surface area contributed by atoms with Crippen LogP contribution in [0.5, 0.6) is 5.75 Å². The first kappa shape index (κ1) is 20.4. The number of anilines is 1. The Morgan fingerprint density at radius 1 is 1.16 bits per heavy atom. The Morgan fingerprint density at radius 2 is 2.06 bits per heavy atom. The smallest absolute Gasteiger partial charge is 0.312 e. The minimum absolute atomic E-state index is 0.0653. The van der Waals surface area contributed by atoms with Crippen LogP contribution in [-0.4, -0.2) is 21.3 Å². The van der Waals surface area contributed by atoms with Crippen LogP contribution < -0.4 is 21.1 Å². The fourth-order valence-corrected chi connectivity index (χ4v) is 3.94. The molecule has 3 heterocycles. The number of amides is 3. The Morgan fingerprint density at radius 3 is 2.84 bits per heavy atom. The average molecular weight is 436 g/mol. The van der Waals surface area contributed by atoms with E-state index in [1.807, 2.05) is 58.6 Å². The first-order chi connectivity index (χ1) is 15.1. The average Bonchev–Trinajstić information content (AvgIpc) is 3.41. The van der Waals surface area contributed by atoms with Gasteiger partial charge in [0, 0.05) is 29.0 Å². The number of primary amides is 1. The summed E-state index contributed by atoms with van der Waals surface area (Å²) in [5.74, 6) is 0.365. The van der Waals surface area contributed by atoms with Gasteiger partial charge >= 0.3 is 6.03 Å².